The van der Waals surface area contributed by atoms with Crippen molar-refractivity contribution >= 4 is 17.5 Å². The standard InChI is InChI=1S/C14H16ClN3O/c15-13-7-10(8-16)1-2-12(13)9-18-5-3-11(4-6-18)14(17)19/h1-2,7,11H,3-6,9H2,(H2,17,19). The Morgan fingerprint density at radius 1 is 1.47 bits per heavy atom. The van der Waals surface area contributed by atoms with Gasteiger partial charge in [-0.2, -0.15) is 5.26 Å². The van der Waals surface area contributed by atoms with Crippen molar-refractivity contribution in [3.05, 3.63) is 34.3 Å². The molecule has 1 saturated heterocycles. The van der Waals surface area contributed by atoms with Gasteiger partial charge in [0.15, 0.2) is 0 Å². The van der Waals surface area contributed by atoms with Gasteiger partial charge in [0.05, 0.1) is 11.6 Å². The number of hydrogen-bond acceptors (Lipinski definition) is 3. The number of likely N-dealkylation sites (tertiary alicyclic amines) is 1. The van der Waals surface area contributed by atoms with Crippen molar-refractivity contribution in [2.45, 2.75) is 19.4 Å². The maximum atomic E-state index is 11.1. The fourth-order valence-electron chi connectivity index (χ4n) is 2.36. The molecular formula is C14H16ClN3O. The molecule has 1 amide bonds. The lowest BCUT2D eigenvalue weighted by Crippen LogP contribution is -2.38. The molecule has 1 fully saturated rings. The van der Waals surface area contributed by atoms with Crippen molar-refractivity contribution in [1.82, 2.24) is 4.90 Å². The Morgan fingerprint density at radius 2 is 2.16 bits per heavy atom. The van der Waals surface area contributed by atoms with Crippen molar-refractivity contribution in [2.75, 3.05) is 13.1 Å². The van der Waals surface area contributed by atoms with Gasteiger partial charge in [-0.05, 0) is 43.6 Å². The van der Waals surface area contributed by atoms with E-state index in [1.54, 1.807) is 12.1 Å². The Morgan fingerprint density at radius 3 is 2.68 bits per heavy atom. The molecule has 1 heterocycles. The van der Waals surface area contributed by atoms with Crippen molar-refractivity contribution in [3.63, 3.8) is 0 Å². The van der Waals surface area contributed by atoms with Crippen molar-refractivity contribution in [1.29, 1.82) is 5.26 Å². The van der Waals surface area contributed by atoms with Crippen LogP contribution >= 0.6 is 11.6 Å². The molecule has 1 aliphatic heterocycles. The fourth-order valence-corrected chi connectivity index (χ4v) is 2.60. The van der Waals surface area contributed by atoms with Crippen LogP contribution in [-0.4, -0.2) is 23.9 Å². The summed E-state index contributed by atoms with van der Waals surface area (Å²) in [5, 5.41) is 9.41. The molecule has 0 bridgehead atoms. The number of nitriles is 1. The predicted octanol–water partition coefficient (Wildman–Crippen LogP) is 1.91. The molecule has 5 heteroatoms. The zero-order valence-electron chi connectivity index (χ0n) is 10.6. The first kappa shape index (κ1) is 13.9. The summed E-state index contributed by atoms with van der Waals surface area (Å²) in [6.07, 6.45) is 1.62. The maximum Gasteiger partial charge on any atom is 0.220 e. The first-order valence-corrected chi connectivity index (χ1v) is 6.68. The second-order valence-corrected chi connectivity index (χ2v) is 5.28. The number of piperidine rings is 1. The zero-order valence-corrected chi connectivity index (χ0v) is 11.4. The summed E-state index contributed by atoms with van der Waals surface area (Å²) < 4.78 is 0. The molecule has 0 unspecified atom stereocenters. The molecule has 0 radical (unpaired) electrons. The first-order chi connectivity index (χ1) is 9.10. The largest absolute Gasteiger partial charge is 0.369 e. The third-order valence-electron chi connectivity index (χ3n) is 3.57. The highest BCUT2D eigenvalue weighted by molar-refractivity contribution is 6.31. The Hall–Kier alpha value is -1.57. The van der Waals surface area contributed by atoms with Gasteiger partial charge in [-0.1, -0.05) is 17.7 Å². The molecule has 0 aliphatic carbocycles. The second kappa shape index (κ2) is 6.05. The van der Waals surface area contributed by atoms with Gasteiger partial charge < -0.3 is 5.73 Å². The minimum absolute atomic E-state index is 0.00712. The van der Waals surface area contributed by atoms with E-state index in [1.165, 1.54) is 0 Å². The monoisotopic (exact) mass is 277 g/mol. The molecule has 1 aromatic rings. The summed E-state index contributed by atoms with van der Waals surface area (Å²) in [5.41, 5.74) is 6.89. The normalized spacial score (nSPS) is 17.1. The van der Waals surface area contributed by atoms with Crippen LogP contribution in [0.25, 0.3) is 0 Å². The highest BCUT2D eigenvalue weighted by Gasteiger charge is 2.23. The SMILES string of the molecule is N#Cc1ccc(CN2CCC(C(N)=O)CC2)c(Cl)c1. The lowest BCUT2D eigenvalue weighted by atomic mass is 9.96. The molecule has 1 aliphatic rings. The minimum atomic E-state index is -0.198. The quantitative estimate of drug-likeness (QED) is 0.917. The number of carbonyl (C=O) groups excluding carboxylic acids is 1. The smallest absolute Gasteiger partial charge is 0.220 e. The summed E-state index contributed by atoms with van der Waals surface area (Å²) in [4.78, 5) is 13.4. The summed E-state index contributed by atoms with van der Waals surface area (Å²) in [7, 11) is 0. The van der Waals surface area contributed by atoms with Gasteiger partial charge in [-0.15, -0.1) is 0 Å². The molecular weight excluding hydrogens is 262 g/mol. The number of amides is 1. The van der Waals surface area contributed by atoms with E-state index in [0.29, 0.717) is 10.6 Å². The van der Waals surface area contributed by atoms with E-state index in [0.717, 1.165) is 38.0 Å². The molecule has 0 aromatic heterocycles. The number of hydrogen-bond donors (Lipinski definition) is 1. The van der Waals surface area contributed by atoms with Crippen LogP contribution in [0.2, 0.25) is 5.02 Å². The summed E-state index contributed by atoms with van der Waals surface area (Å²) in [6, 6.07) is 7.42. The summed E-state index contributed by atoms with van der Waals surface area (Å²) in [6.45, 7) is 2.45. The van der Waals surface area contributed by atoms with E-state index in [9.17, 15) is 4.79 Å². The molecule has 0 atom stereocenters. The van der Waals surface area contributed by atoms with Crippen LogP contribution in [0, 0.1) is 17.2 Å². The van der Waals surface area contributed by atoms with E-state index in [1.807, 2.05) is 6.07 Å². The van der Waals surface area contributed by atoms with Crippen LogP contribution in [0.15, 0.2) is 18.2 Å². The number of carbonyl (C=O) groups is 1. The summed E-state index contributed by atoms with van der Waals surface area (Å²) in [5.74, 6) is -0.191. The van der Waals surface area contributed by atoms with Crippen LogP contribution in [-0.2, 0) is 11.3 Å². The number of rotatable bonds is 3. The summed E-state index contributed by atoms with van der Waals surface area (Å²) >= 11 is 6.15. The molecule has 2 N–H and O–H groups in total. The number of nitrogens with two attached hydrogens (primary N) is 1. The highest BCUT2D eigenvalue weighted by atomic mass is 35.5. The third kappa shape index (κ3) is 3.46. The zero-order chi connectivity index (χ0) is 13.8. The van der Waals surface area contributed by atoms with E-state index in [2.05, 4.69) is 11.0 Å². The Balaban J connectivity index is 1.96. The Kier molecular flexibility index (Phi) is 4.41. The minimum Gasteiger partial charge on any atom is -0.369 e. The van der Waals surface area contributed by atoms with Gasteiger partial charge in [0, 0.05) is 17.5 Å². The molecule has 1 aromatic carbocycles. The van der Waals surface area contributed by atoms with Gasteiger partial charge >= 0.3 is 0 Å². The van der Waals surface area contributed by atoms with E-state index >= 15 is 0 Å². The lowest BCUT2D eigenvalue weighted by molar-refractivity contribution is -0.123. The van der Waals surface area contributed by atoms with Gasteiger partial charge in [-0.3, -0.25) is 9.69 Å². The van der Waals surface area contributed by atoms with Gasteiger partial charge in [0.1, 0.15) is 0 Å². The van der Waals surface area contributed by atoms with Gasteiger partial charge in [0.2, 0.25) is 5.91 Å². The van der Waals surface area contributed by atoms with E-state index < -0.39 is 0 Å². The van der Waals surface area contributed by atoms with Crippen molar-refractivity contribution in [3.8, 4) is 6.07 Å². The second-order valence-electron chi connectivity index (χ2n) is 4.87. The maximum absolute atomic E-state index is 11.1. The average molecular weight is 278 g/mol. The van der Waals surface area contributed by atoms with Crippen LogP contribution < -0.4 is 5.73 Å². The average Bonchev–Trinajstić information content (AvgIpc) is 2.41. The van der Waals surface area contributed by atoms with Crippen LogP contribution in [0.5, 0.6) is 0 Å². The van der Waals surface area contributed by atoms with Crippen molar-refractivity contribution < 1.29 is 4.79 Å². The van der Waals surface area contributed by atoms with E-state index in [4.69, 9.17) is 22.6 Å². The van der Waals surface area contributed by atoms with Crippen molar-refractivity contribution in [2.24, 2.45) is 11.7 Å². The Labute approximate surface area is 117 Å². The number of primary amides is 1. The van der Waals surface area contributed by atoms with E-state index in [-0.39, 0.29) is 11.8 Å². The predicted molar refractivity (Wildman–Crippen MR) is 73.4 cm³/mol. The Bertz CT molecular complexity index is 516. The number of nitrogens with zero attached hydrogens (tertiary/aromatic N) is 2. The molecule has 0 saturated carbocycles. The molecule has 4 nitrogen and oxygen atoms in total. The van der Waals surface area contributed by atoms with Crippen LogP contribution in [0.1, 0.15) is 24.0 Å². The topological polar surface area (TPSA) is 70.1 Å². The van der Waals surface area contributed by atoms with Gasteiger partial charge in [-0.25, -0.2) is 0 Å². The number of halogens is 1. The molecule has 0 spiro atoms. The third-order valence-corrected chi connectivity index (χ3v) is 3.92. The van der Waals surface area contributed by atoms with Crippen LogP contribution in [0.3, 0.4) is 0 Å². The molecule has 2 rings (SSSR count). The number of benzene rings is 1. The van der Waals surface area contributed by atoms with Gasteiger partial charge in [0.25, 0.3) is 0 Å². The molecule has 100 valence electrons. The highest BCUT2D eigenvalue weighted by Crippen LogP contribution is 2.23. The first-order valence-electron chi connectivity index (χ1n) is 6.30. The van der Waals surface area contributed by atoms with Crippen LogP contribution in [0.4, 0.5) is 0 Å². The fraction of sp³-hybridized carbons (Fsp3) is 0.429. The lowest BCUT2D eigenvalue weighted by Gasteiger charge is -2.30. The molecule has 19 heavy (non-hydrogen) atoms.